The summed E-state index contributed by atoms with van der Waals surface area (Å²) in [6.45, 7) is 14.5. The molecule has 4 rings (SSSR count). The van der Waals surface area contributed by atoms with Crippen LogP contribution in [0.25, 0.3) is 11.1 Å². The van der Waals surface area contributed by atoms with Crippen molar-refractivity contribution >= 4 is 17.4 Å². The molecule has 36 heavy (non-hydrogen) atoms. The van der Waals surface area contributed by atoms with E-state index in [0.29, 0.717) is 25.6 Å². The summed E-state index contributed by atoms with van der Waals surface area (Å²) in [5.41, 5.74) is 6.74. The van der Waals surface area contributed by atoms with Gasteiger partial charge in [0.15, 0.2) is 0 Å². The van der Waals surface area contributed by atoms with Gasteiger partial charge in [0.1, 0.15) is 12.4 Å². The Labute approximate surface area is 217 Å². The number of rotatable bonds is 6. The summed E-state index contributed by atoms with van der Waals surface area (Å²) in [7, 11) is 0. The van der Waals surface area contributed by atoms with Gasteiger partial charge in [-0.1, -0.05) is 45.4 Å². The molecule has 0 N–H and O–H groups in total. The van der Waals surface area contributed by atoms with Crippen LogP contribution < -0.4 is 4.74 Å². The summed E-state index contributed by atoms with van der Waals surface area (Å²) >= 11 is 0. The van der Waals surface area contributed by atoms with Crippen LogP contribution in [-0.2, 0) is 6.54 Å². The number of likely N-dealkylation sites (tertiary alicyclic amines) is 1. The lowest BCUT2D eigenvalue weighted by atomic mass is 9.87. The number of nitrogens with zero attached hydrogens (tertiary/aromatic N) is 3. The molecule has 0 spiro atoms. The van der Waals surface area contributed by atoms with Crippen molar-refractivity contribution in [2.45, 2.75) is 73.3 Å². The number of aliphatic imine (C=N–C) groups is 1. The zero-order valence-electron chi connectivity index (χ0n) is 22.8. The zero-order valence-corrected chi connectivity index (χ0v) is 22.8. The van der Waals surface area contributed by atoms with E-state index in [9.17, 15) is 4.79 Å². The summed E-state index contributed by atoms with van der Waals surface area (Å²) in [5.74, 6) is 2.30. The van der Waals surface area contributed by atoms with Crippen molar-refractivity contribution in [3.8, 4) is 16.9 Å². The van der Waals surface area contributed by atoms with E-state index in [2.05, 4.69) is 71.0 Å². The van der Waals surface area contributed by atoms with E-state index in [1.165, 1.54) is 24.1 Å². The van der Waals surface area contributed by atoms with Crippen LogP contribution in [0, 0.1) is 18.8 Å². The first kappa shape index (κ1) is 26.2. The van der Waals surface area contributed by atoms with Crippen molar-refractivity contribution in [1.82, 2.24) is 9.80 Å². The average molecular weight is 490 g/mol. The Morgan fingerprint density at radius 3 is 2.50 bits per heavy atom. The fourth-order valence-electron chi connectivity index (χ4n) is 5.30. The van der Waals surface area contributed by atoms with Crippen LogP contribution in [0.3, 0.4) is 0 Å². The van der Waals surface area contributed by atoms with E-state index < -0.39 is 0 Å². The second kappa shape index (κ2) is 11.9. The third-order valence-electron chi connectivity index (χ3n) is 7.81. The summed E-state index contributed by atoms with van der Waals surface area (Å²) in [5, 5.41) is 0. The lowest BCUT2D eigenvalue weighted by Crippen LogP contribution is -2.47. The van der Waals surface area contributed by atoms with E-state index in [-0.39, 0.29) is 6.03 Å². The summed E-state index contributed by atoms with van der Waals surface area (Å²) in [6, 6.07) is 13.0. The van der Waals surface area contributed by atoms with Gasteiger partial charge in [-0.05, 0) is 86.3 Å². The van der Waals surface area contributed by atoms with Gasteiger partial charge < -0.3 is 14.5 Å². The van der Waals surface area contributed by atoms with Crippen LogP contribution in [0.1, 0.15) is 70.9 Å². The van der Waals surface area contributed by atoms with Gasteiger partial charge >= 0.3 is 6.03 Å². The number of benzene rings is 2. The quantitative estimate of drug-likeness (QED) is 0.392. The Hall–Kier alpha value is -2.82. The number of carbonyl (C=O) groups excluding carboxylic acids is 1. The molecule has 5 heteroatoms. The number of aryl methyl sites for hydroxylation is 1. The van der Waals surface area contributed by atoms with Crippen molar-refractivity contribution in [2.75, 3.05) is 26.2 Å². The van der Waals surface area contributed by atoms with Gasteiger partial charge in [0.2, 0.25) is 0 Å². The van der Waals surface area contributed by atoms with Gasteiger partial charge in [-0.15, -0.1) is 0 Å². The van der Waals surface area contributed by atoms with Crippen molar-refractivity contribution in [2.24, 2.45) is 16.8 Å². The molecule has 5 nitrogen and oxygen atoms in total. The van der Waals surface area contributed by atoms with E-state index in [1.54, 1.807) is 0 Å². The average Bonchev–Trinajstić information content (AvgIpc) is 3.10. The number of hydrogen-bond donors (Lipinski definition) is 0. The van der Waals surface area contributed by atoms with Crippen molar-refractivity contribution in [1.29, 1.82) is 0 Å². The second-order valence-electron chi connectivity index (χ2n) is 10.9. The number of unbranched alkanes of at least 4 members (excludes halogenated alkanes) is 1. The first-order chi connectivity index (χ1) is 17.4. The fourth-order valence-corrected chi connectivity index (χ4v) is 5.30. The standard InChI is InChI=1S/C31H43N3O2/c1-6-7-8-24(5)32-29-20-27(10-9-23(29)4)26-11-12-30-28(19-26)21-34(17-18-36-30)31(35)33-15-13-25(14-16-33)22(2)3/h9-12,19-20,22,25H,6-8,13-18,21H2,1-5H3. The highest BCUT2D eigenvalue weighted by Gasteiger charge is 2.29. The van der Waals surface area contributed by atoms with Gasteiger partial charge in [-0.2, -0.15) is 0 Å². The Morgan fingerprint density at radius 2 is 1.78 bits per heavy atom. The zero-order chi connectivity index (χ0) is 25.7. The number of amides is 2. The smallest absolute Gasteiger partial charge is 0.320 e. The lowest BCUT2D eigenvalue weighted by Gasteiger charge is -2.36. The van der Waals surface area contributed by atoms with E-state index in [0.717, 1.165) is 66.4 Å². The number of carbonyl (C=O) groups is 1. The molecule has 2 aromatic carbocycles. The van der Waals surface area contributed by atoms with Crippen molar-refractivity contribution in [3.05, 3.63) is 47.5 Å². The monoisotopic (exact) mass is 489 g/mol. The molecule has 2 aromatic rings. The minimum Gasteiger partial charge on any atom is -0.491 e. The van der Waals surface area contributed by atoms with Gasteiger partial charge in [-0.25, -0.2) is 4.79 Å². The number of piperidine rings is 1. The molecule has 0 radical (unpaired) electrons. The molecule has 0 unspecified atom stereocenters. The highest BCUT2D eigenvalue weighted by molar-refractivity contribution is 5.85. The first-order valence-electron chi connectivity index (χ1n) is 13.8. The van der Waals surface area contributed by atoms with E-state index >= 15 is 0 Å². The minimum absolute atomic E-state index is 0.147. The molecule has 194 valence electrons. The molecule has 1 fully saturated rings. The Kier molecular flexibility index (Phi) is 8.71. The summed E-state index contributed by atoms with van der Waals surface area (Å²) < 4.78 is 6.05. The van der Waals surface area contributed by atoms with Crippen LogP contribution in [-0.4, -0.2) is 47.8 Å². The van der Waals surface area contributed by atoms with Crippen LogP contribution in [0.2, 0.25) is 0 Å². The van der Waals surface area contributed by atoms with Crippen molar-refractivity contribution in [3.63, 3.8) is 0 Å². The normalized spacial score (nSPS) is 17.1. The molecule has 1 saturated heterocycles. The molecular formula is C31H43N3O2. The van der Waals surface area contributed by atoms with Crippen LogP contribution in [0.15, 0.2) is 41.4 Å². The van der Waals surface area contributed by atoms with Crippen LogP contribution in [0.4, 0.5) is 10.5 Å². The summed E-state index contributed by atoms with van der Waals surface area (Å²) in [6.07, 6.45) is 5.59. The SMILES string of the molecule is CCCCC(C)=Nc1cc(-c2ccc3c(c2)CN(C(=O)N2CCC(C(C)C)CC2)CCO3)ccc1C. The second-order valence-corrected chi connectivity index (χ2v) is 10.9. The molecular weight excluding hydrogens is 446 g/mol. The number of hydrogen-bond acceptors (Lipinski definition) is 3. The Morgan fingerprint density at radius 1 is 1.06 bits per heavy atom. The fraction of sp³-hybridized carbons (Fsp3) is 0.548. The maximum absolute atomic E-state index is 13.4. The van der Waals surface area contributed by atoms with E-state index in [4.69, 9.17) is 9.73 Å². The molecule has 2 amide bonds. The third kappa shape index (κ3) is 6.29. The molecule has 0 bridgehead atoms. The maximum atomic E-state index is 13.4. The molecule has 0 saturated carbocycles. The number of urea groups is 1. The number of ether oxygens (including phenoxy) is 1. The topological polar surface area (TPSA) is 45.1 Å². The highest BCUT2D eigenvalue weighted by atomic mass is 16.5. The highest BCUT2D eigenvalue weighted by Crippen LogP contribution is 2.33. The van der Waals surface area contributed by atoms with Gasteiger partial charge in [0.25, 0.3) is 0 Å². The summed E-state index contributed by atoms with van der Waals surface area (Å²) in [4.78, 5) is 22.3. The molecule has 2 aliphatic heterocycles. The van der Waals surface area contributed by atoms with Crippen LogP contribution in [0.5, 0.6) is 5.75 Å². The van der Waals surface area contributed by atoms with E-state index in [1.807, 2.05) is 9.80 Å². The molecule has 2 heterocycles. The van der Waals surface area contributed by atoms with Gasteiger partial charge in [-0.3, -0.25) is 4.99 Å². The predicted molar refractivity (Wildman–Crippen MR) is 149 cm³/mol. The minimum atomic E-state index is 0.147. The van der Waals surface area contributed by atoms with Gasteiger partial charge in [0, 0.05) is 24.4 Å². The molecule has 0 atom stereocenters. The van der Waals surface area contributed by atoms with Gasteiger partial charge in [0.05, 0.1) is 18.8 Å². The predicted octanol–water partition coefficient (Wildman–Crippen LogP) is 7.63. The van der Waals surface area contributed by atoms with Crippen LogP contribution >= 0.6 is 0 Å². The Bertz CT molecular complexity index is 1080. The lowest BCUT2D eigenvalue weighted by molar-refractivity contribution is 0.119. The Balaban J connectivity index is 1.52. The molecule has 0 aromatic heterocycles. The van der Waals surface area contributed by atoms with Crippen molar-refractivity contribution < 1.29 is 9.53 Å². The maximum Gasteiger partial charge on any atom is 0.320 e. The third-order valence-corrected chi connectivity index (χ3v) is 7.81. The molecule has 2 aliphatic rings. The largest absolute Gasteiger partial charge is 0.491 e. The first-order valence-corrected chi connectivity index (χ1v) is 13.8. The molecule has 0 aliphatic carbocycles. The number of fused-ring (bicyclic) bond motifs is 1.